The molecule has 1 aliphatic heterocycles. The molecule has 1 unspecified atom stereocenters. The lowest BCUT2D eigenvalue weighted by molar-refractivity contribution is -0.154. The largest absolute Gasteiger partial charge is 0.464 e. The van der Waals surface area contributed by atoms with Crippen molar-refractivity contribution in [1.29, 1.82) is 0 Å². The predicted octanol–water partition coefficient (Wildman–Crippen LogP) is 3.64. The van der Waals surface area contributed by atoms with Gasteiger partial charge < -0.3 is 9.47 Å². The third-order valence-electron chi connectivity index (χ3n) is 3.93. The fraction of sp³-hybridized carbons (Fsp3) is 0.474. The van der Waals surface area contributed by atoms with Crippen molar-refractivity contribution in [2.45, 2.75) is 45.3 Å². The van der Waals surface area contributed by atoms with E-state index in [-0.39, 0.29) is 6.61 Å². The second kappa shape index (κ2) is 6.67. The second-order valence-corrected chi connectivity index (χ2v) is 6.78. The fourth-order valence-corrected chi connectivity index (χ4v) is 2.98. The van der Waals surface area contributed by atoms with Crippen LogP contribution in [0.4, 0.5) is 4.79 Å². The molecule has 1 saturated heterocycles. The number of amides is 1. The molecule has 24 heavy (non-hydrogen) atoms. The summed E-state index contributed by atoms with van der Waals surface area (Å²) >= 11 is 0. The predicted molar refractivity (Wildman–Crippen MR) is 91.5 cm³/mol. The molecule has 1 atom stereocenters. The number of carbonyl (C=O) groups is 2. The number of likely N-dealkylation sites (tertiary alicyclic amines) is 1. The summed E-state index contributed by atoms with van der Waals surface area (Å²) in [4.78, 5) is 27.1. The van der Waals surface area contributed by atoms with Gasteiger partial charge in [-0.2, -0.15) is 0 Å². The van der Waals surface area contributed by atoms with Crippen LogP contribution in [0.1, 0.15) is 39.7 Å². The maximum absolute atomic E-state index is 12.9. The number of hydrogen-bond donors (Lipinski definition) is 0. The summed E-state index contributed by atoms with van der Waals surface area (Å²) in [7, 11) is 0. The zero-order chi connectivity index (χ0) is 18.0. The highest BCUT2D eigenvalue weighted by Gasteiger charge is 2.56. The molecule has 1 aromatic rings. The van der Waals surface area contributed by atoms with Crippen molar-refractivity contribution in [3.05, 3.63) is 48.0 Å². The molecule has 0 radical (unpaired) electrons. The first-order chi connectivity index (χ1) is 11.2. The van der Waals surface area contributed by atoms with Gasteiger partial charge in [-0.1, -0.05) is 36.9 Å². The molecule has 1 aliphatic rings. The molecule has 0 aromatic heterocycles. The minimum absolute atomic E-state index is 0.225. The summed E-state index contributed by atoms with van der Waals surface area (Å²) in [6.45, 7) is 11.8. The van der Waals surface area contributed by atoms with Crippen LogP contribution in [-0.2, 0) is 19.8 Å². The van der Waals surface area contributed by atoms with E-state index in [9.17, 15) is 9.59 Å². The molecule has 5 heteroatoms. The van der Waals surface area contributed by atoms with Gasteiger partial charge in [0.1, 0.15) is 5.60 Å². The van der Waals surface area contributed by atoms with Gasteiger partial charge in [0, 0.05) is 6.54 Å². The lowest BCUT2D eigenvalue weighted by Gasteiger charge is -2.38. The number of rotatable bonds is 3. The summed E-state index contributed by atoms with van der Waals surface area (Å²) in [5.41, 5.74) is -0.688. The van der Waals surface area contributed by atoms with E-state index in [1.165, 1.54) is 4.90 Å². The quantitative estimate of drug-likeness (QED) is 0.627. The number of benzene rings is 1. The van der Waals surface area contributed by atoms with Crippen molar-refractivity contribution >= 4 is 12.1 Å². The van der Waals surface area contributed by atoms with Crippen molar-refractivity contribution in [2.75, 3.05) is 13.2 Å². The van der Waals surface area contributed by atoms with Crippen LogP contribution in [0.5, 0.6) is 0 Å². The van der Waals surface area contributed by atoms with Crippen LogP contribution >= 0.6 is 0 Å². The van der Waals surface area contributed by atoms with Crippen LogP contribution in [0.2, 0.25) is 0 Å². The molecule has 2 rings (SSSR count). The highest BCUT2D eigenvalue weighted by molar-refractivity contribution is 5.92. The van der Waals surface area contributed by atoms with Gasteiger partial charge in [-0.05, 0) is 45.3 Å². The Hall–Kier alpha value is -2.30. The first-order valence-electron chi connectivity index (χ1n) is 8.15. The molecule has 1 fully saturated rings. The minimum atomic E-state index is -1.33. The first kappa shape index (κ1) is 18.0. The van der Waals surface area contributed by atoms with E-state index in [1.807, 2.05) is 30.3 Å². The Morgan fingerprint density at radius 3 is 2.42 bits per heavy atom. The zero-order valence-electron chi connectivity index (χ0n) is 14.8. The monoisotopic (exact) mass is 331 g/mol. The lowest BCUT2D eigenvalue weighted by atomic mass is 9.84. The van der Waals surface area contributed by atoms with Crippen molar-refractivity contribution in [3.8, 4) is 0 Å². The fourth-order valence-electron chi connectivity index (χ4n) is 2.98. The van der Waals surface area contributed by atoms with Crippen LogP contribution in [0.3, 0.4) is 0 Å². The Labute approximate surface area is 143 Å². The summed E-state index contributed by atoms with van der Waals surface area (Å²) in [6, 6.07) is 9.14. The number of carbonyl (C=O) groups excluding carboxylic acids is 2. The molecule has 0 spiro atoms. The van der Waals surface area contributed by atoms with Crippen molar-refractivity contribution in [1.82, 2.24) is 4.90 Å². The third-order valence-corrected chi connectivity index (χ3v) is 3.93. The van der Waals surface area contributed by atoms with Gasteiger partial charge in [0.05, 0.1) is 6.61 Å². The topological polar surface area (TPSA) is 55.8 Å². The number of ether oxygens (including phenoxy) is 2. The van der Waals surface area contributed by atoms with E-state index in [4.69, 9.17) is 9.47 Å². The Morgan fingerprint density at radius 1 is 1.25 bits per heavy atom. The van der Waals surface area contributed by atoms with Gasteiger partial charge in [0.25, 0.3) is 0 Å². The Kier molecular flexibility index (Phi) is 5.02. The van der Waals surface area contributed by atoms with Gasteiger partial charge in [0.2, 0.25) is 0 Å². The average Bonchev–Trinajstić information content (AvgIpc) is 2.85. The van der Waals surface area contributed by atoms with E-state index in [0.29, 0.717) is 24.1 Å². The van der Waals surface area contributed by atoms with E-state index in [0.717, 1.165) is 0 Å². The van der Waals surface area contributed by atoms with Crippen molar-refractivity contribution < 1.29 is 19.1 Å². The van der Waals surface area contributed by atoms with Gasteiger partial charge in [-0.3, -0.25) is 4.90 Å². The summed E-state index contributed by atoms with van der Waals surface area (Å²) in [5, 5.41) is 0. The van der Waals surface area contributed by atoms with E-state index in [1.54, 1.807) is 27.7 Å². The molecule has 1 amide bonds. The summed E-state index contributed by atoms with van der Waals surface area (Å²) < 4.78 is 10.8. The van der Waals surface area contributed by atoms with Crippen LogP contribution in [-0.4, -0.2) is 35.7 Å². The molecular formula is C19H25NO4. The Bertz CT molecular complexity index is 633. The Balaban J connectivity index is 2.55. The van der Waals surface area contributed by atoms with Gasteiger partial charge in [0.15, 0.2) is 5.54 Å². The molecule has 130 valence electrons. The minimum Gasteiger partial charge on any atom is -0.464 e. The highest BCUT2D eigenvalue weighted by Crippen LogP contribution is 2.44. The normalized spacial score (nSPS) is 20.8. The number of hydrogen-bond acceptors (Lipinski definition) is 4. The standard InChI is InChI=1S/C19H25NO4/c1-6-23-16(21)19(15-10-8-7-9-11-15)14(2)12-13-20(19)17(22)24-18(3,4)5/h7-11H,2,6,12-13H2,1,3-5H3. The van der Waals surface area contributed by atoms with Crippen LogP contribution in [0, 0.1) is 0 Å². The highest BCUT2D eigenvalue weighted by atomic mass is 16.6. The number of esters is 1. The van der Waals surface area contributed by atoms with Gasteiger partial charge >= 0.3 is 12.1 Å². The average molecular weight is 331 g/mol. The van der Waals surface area contributed by atoms with Crippen LogP contribution in [0.15, 0.2) is 42.5 Å². The molecular weight excluding hydrogens is 306 g/mol. The molecule has 0 N–H and O–H groups in total. The van der Waals surface area contributed by atoms with Crippen LogP contribution < -0.4 is 0 Å². The second-order valence-electron chi connectivity index (χ2n) is 6.78. The van der Waals surface area contributed by atoms with Crippen LogP contribution in [0.25, 0.3) is 0 Å². The van der Waals surface area contributed by atoms with E-state index >= 15 is 0 Å². The number of nitrogens with zero attached hydrogens (tertiary/aromatic N) is 1. The molecule has 5 nitrogen and oxygen atoms in total. The van der Waals surface area contributed by atoms with Gasteiger partial charge in [-0.25, -0.2) is 9.59 Å². The molecule has 0 saturated carbocycles. The third kappa shape index (κ3) is 3.16. The van der Waals surface area contributed by atoms with Gasteiger partial charge in [-0.15, -0.1) is 0 Å². The van der Waals surface area contributed by atoms with E-state index in [2.05, 4.69) is 6.58 Å². The molecule has 1 heterocycles. The first-order valence-corrected chi connectivity index (χ1v) is 8.15. The van der Waals surface area contributed by atoms with Crippen molar-refractivity contribution in [2.24, 2.45) is 0 Å². The maximum atomic E-state index is 12.9. The molecule has 0 aliphatic carbocycles. The summed E-state index contributed by atoms with van der Waals surface area (Å²) in [6.07, 6.45) is -0.0227. The zero-order valence-corrected chi connectivity index (χ0v) is 14.8. The lowest BCUT2D eigenvalue weighted by Crippen LogP contribution is -2.53. The summed E-state index contributed by atoms with van der Waals surface area (Å²) in [5.74, 6) is -0.496. The SMILES string of the molecule is C=C1CCN(C(=O)OC(C)(C)C)C1(C(=O)OCC)c1ccccc1. The molecule has 1 aromatic carbocycles. The molecule has 0 bridgehead atoms. The van der Waals surface area contributed by atoms with E-state index < -0.39 is 23.2 Å². The maximum Gasteiger partial charge on any atom is 0.411 e. The smallest absolute Gasteiger partial charge is 0.411 e. The Morgan fingerprint density at radius 2 is 1.88 bits per heavy atom. The van der Waals surface area contributed by atoms with Crippen molar-refractivity contribution in [3.63, 3.8) is 0 Å².